The molecule has 22 heavy (non-hydrogen) atoms. The standard InChI is InChI=1S/C17H19N3O2/c1-2-22-17(21)6-5-14-9-18-8-7-16(14)15-10-19-20(12-15)11-13-3-4-13/h5-10,12-13H,2-4,11H2,1H3/b6-5+. The van der Waals surface area contributed by atoms with E-state index in [0.717, 1.165) is 29.2 Å². The van der Waals surface area contributed by atoms with Crippen molar-refractivity contribution in [3.8, 4) is 11.1 Å². The Labute approximate surface area is 129 Å². The number of ether oxygens (including phenoxy) is 1. The zero-order chi connectivity index (χ0) is 15.4. The molecule has 2 aromatic heterocycles. The molecule has 2 aromatic rings. The first-order chi connectivity index (χ1) is 10.8. The fourth-order valence-electron chi connectivity index (χ4n) is 2.32. The zero-order valence-electron chi connectivity index (χ0n) is 12.6. The maximum atomic E-state index is 11.5. The fraction of sp³-hybridized carbons (Fsp3) is 0.353. The number of nitrogens with zero attached hydrogens (tertiary/aromatic N) is 3. The van der Waals surface area contributed by atoms with Gasteiger partial charge in [0.05, 0.1) is 12.8 Å². The third-order valence-electron chi connectivity index (χ3n) is 3.62. The first kappa shape index (κ1) is 14.5. The van der Waals surface area contributed by atoms with Gasteiger partial charge in [0.2, 0.25) is 0 Å². The summed E-state index contributed by atoms with van der Waals surface area (Å²) in [5.74, 6) is 0.440. The quantitative estimate of drug-likeness (QED) is 0.607. The Morgan fingerprint density at radius 2 is 2.32 bits per heavy atom. The first-order valence-electron chi connectivity index (χ1n) is 7.58. The Bertz CT molecular complexity index is 687. The molecular formula is C17H19N3O2. The van der Waals surface area contributed by atoms with Crippen molar-refractivity contribution in [3.63, 3.8) is 0 Å². The van der Waals surface area contributed by atoms with E-state index in [-0.39, 0.29) is 5.97 Å². The molecule has 0 amide bonds. The summed E-state index contributed by atoms with van der Waals surface area (Å²) in [5.41, 5.74) is 2.92. The van der Waals surface area contributed by atoms with Crippen molar-refractivity contribution < 1.29 is 9.53 Å². The van der Waals surface area contributed by atoms with Crippen LogP contribution in [0.5, 0.6) is 0 Å². The van der Waals surface area contributed by atoms with Crippen molar-refractivity contribution in [1.82, 2.24) is 14.8 Å². The number of hydrogen-bond acceptors (Lipinski definition) is 4. The zero-order valence-corrected chi connectivity index (χ0v) is 12.6. The lowest BCUT2D eigenvalue weighted by atomic mass is 10.1. The SMILES string of the molecule is CCOC(=O)/C=C/c1cnccc1-c1cnn(CC2CC2)c1. The molecule has 2 heterocycles. The highest BCUT2D eigenvalue weighted by Crippen LogP contribution is 2.31. The summed E-state index contributed by atoms with van der Waals surface area (Å²) in [4.78, 5) is 15.6. The molecule has 3 rings (SSSR count). The normalized spacial score (nSPS) is 14.4. The van der Waals surface area contributed by atoms with E-state index in [1.807, 2.05) is 16.9 Å². The summed E-state index contributed by atoms with van der Waals surface area (Å²) in [5, 5.41) is 4.42. The second kappa shape index (κ2) is 6.56. The molecule has 1 fully saturated rings. The van der Waals surface area contributed by atoms with E-state index in [1.54, 1.807) is 25.4 Å². The lowest BCUT2D eigenvalue weighted by molar-refractivity contribution is -0.137. The molecule has 1 saturated carbocycles. The molecule has 0 aromatic carbocycles. The molecule has 1 aliphatic carbocycles. The van der Waals surface area contributed by atoms with Crippen molar-refractivity contribution in [2.24, 2.45) is 5.92 Å². The van der Waals surface area contributed by atoms with Crippen LogP contribution in [0.4, 0.5) is 0 Å². The minimum Gasteiger partial charge on any atom is -0.463 e. The summed E-state index contributed by atoms with van der Waals surface area (Å²) >= 11 is 0. The van der Waals surface area contributed by atoms with Crippen LogP contribution in [0.3, 0.4) is 0 Å². The van der Waals surface area contributed by atoms with Crippen molar-refractivity contribution in [3.05, 3.63) is 42.5 Å². The van der Waals surface area contributed by atoms with Crippen LogP contribution in [0.1, 0.15) is 25.3 Å². The van der Waals surface area contributed by atoms with E-state index in [2.05, 4.69) is 16.3 Å². The van der Waals surface area contributed by atoms with Crippen molar-refractivity contribution in [2.45, 2.75) is 26.3 Å². The summed E-state index contributed by atoms with van der Waals surface area (Å²) < 4.78 is 6.89. The molecular weight excluding hydrogens is 278 g/mol. The van der Waals surface area contributed by atoms with Gasteiger partial charge in [-0.05, 0) is 43.4 Å². The molecule has 0 spiro atoms. The van der Waals surface area contributed by atoms with Crippen LogP contribution in [0.25, 0.3) is 17.2 Å². The first-order valence-corrected chi connectivity index (χ1v) is 7.58. The Morgan fingerprint density at radius 1 is 1.45 bits per heavy atom. The monoisotopic (exact) mass is 297 g/mol. The van der Waals surface area contributed by atoms with Crippen LogP contribution in [0.2, 0.25) is 0 Å². The average molecular weight is 297 g/mol. The Kier molecular flexibility index (Phi) is 4.32. The van der Waals surface area contributed by atoms with Gasteiger partial charge in [-0.3, -0.25) is 9.67 Å². The molecule has 0 unspecified atom stereocenters. The van der Waals surface area contributed by atoms with E-state index in [4.69, 9.17) is 4.74 Å². The highest BCUT2D eigenvalue weighted by molar-refractivity contribution is 5.89. The predicted octanol–water partition coefficient (Wildman–Crippen LogP) is 2.93. The van der Waals surface area contributed by atoms with Gasteiger partial charge < -0.3 is 4.74 Å². The van der Waals surface area contributed by atoms with Gasteiger partial charge in [0, 0.05) is 42.3 Å². The lowest BCUT2D eigenvalue weighted by Gasteiger charge is -2.03. The molecule has 114 valence electrons. The minimum absolute atomic E-state index is 0.346. The highest BCUT2D eigenvalue weighted by Gasteiger charge is 2.22. The van der Waals surface area contributed by atoms with Crippen LogP contribution < -0.4 is 0 Å². The van der Waals surface area contributed by atoms with Crippen molar-refractivity contribution >= 4 is 12.0 Å². The topological polar surface area (TPSA) is 57.0 Å². The largest absolute Gasteiger partial charge is 0.463 e. The molecule has 5 nitrogen and oxygen atoms in total. The molecule has 0 atom stereocenters. The van der Waals surface area contributed by atoms with Gasteiger partial charge >= 0.3 is 5.97 Å². The number of carbonyl (C=O) groups is 1. The second-order valence-electron chi connectivity index (χ2n) is 5.44. The van der Waals surface area contributed by atoms with Gasteiger partial charge in [0.25, 0.3) is 0 Å². The summed E-state index contributed by atoms with van der Waals surface area (Å²) in [6.45, 7) is 3.14. The predicted molar refractivity (Wildman–Crippen MR) is 83.8 cm³/mol. The third kappa shape index (κ3) is 3.61. The van der Waals surface area contributed by atoms with Crippen LogP contribution in [0.15, 0.2) is 36.9 Å². The maximum Gasteiger partial charge on any atom is 0.330 e. The number of carbonyl (C=O) groups excluding carboxylic acids is 1. The Morgan fingerprint density at radius 3 is 3.09 bits per heavy atom. The molecule has 0 aliphatic heterocycles. The number of hydrogen-bond donors (Lipinski definition) is 0. The van der Waals surface area contributed by atoms with Crippen LogP contribution in [0, 0.1) is 5.92 Å². The smallest absolute Gasteiger partial charge is 0.330 e. The van der Waals surface area contributed by atoms with E-state index in [0.29, 0.717) is 6.61 Å². The van der Waals surface area contributed by atoms with Gasteiger partial charge in [0.15, 0.2) is 0 Å². The lowest BCUT2D eigenvalue weighted by Crippen LogP contribution is -1.99. The summed E-state index contributed by atoms with van der Waals surface area (Å²) in [6, 6.07) is 1.93. The number of pyridine rings is 1. The van der Waals surface area contributed by atoms with Crippen LogP contribution in [-0.4, -0.2) is 27.3 Å². The molecule has 1 aliphatic rings. The molecule has 0 bridgehead atoms. The van der Waals surface area contributed by atoms with E-state index in [9.17, 15) is 4.79 Å². The van der Waals surface area contributed by atoms with Gasteiger partial charge in [0.1, 0.15) is 0 Å². The molecule has 0 saturated heterocycles. The highest BCUT2D eigenvalue weighted by atomic mass is 16.5. The fourth-order valence-corrected chi connectivity index (χ4v) is 2.32. The summed E-state index contributed by atoms with van der Waals surface area (Å²) in [7, 11) is 0. The Hall–Kier alpha value is -2.43. The van der Waals surface area contributed by atoms with Crippen molar-refractivity contribution in [2.75, 3.05) is 6.61 Å². The van der Waals surface area contributed by atoms with Gasteiger partial charge in [-0.2, -0.15) is 5.10 Å². The summed E-state index contributed by atoms with van der Waals surface area (Å²) in [6.07, 6.45) is 13.2. The minimum atomic E-state index is -0.346. The molecule has 5 heteroatoms. The molecule has 0 N–H and O–H groups in total. The number of rotatable bonds is 6. The Balaban J connectivity index is 1.80. The second-order valence-corrected chi connectivity index (χ2v) is 5.44. The van der Waals surface area contributed by atoms with Gasteiger partial charge in [-0.15, -0.1) is 0 Å². The molecule has 0 radical (unpaired) electrons. The van der Waals surface area contributed by atoms with Gasteiger partial charge in [-0.1, -0.05) is 0 Å². The number of aromatic nitrogens is 3. The van der Waals surface area contributed by atoms with Crippen LogP contribution in [-0.2, 0) is 16.1 Å². The average Bonchev–Trinajstić information content (AvgIpc) is 3.21. The maximum absolute atomic E-state index is 11.5. The van der Waals surface area contributed by atoms with E-state index >= 15 is 0 Å². The third-order valence-corrected chi connectivity index (χ3v) is 3.62. The van der Waals surface area contributed by atoms with Gasteiger partial charge in [-0.25, -0.2) is 4.79 Å². The van der Waals surface area contributed by atoms with Crippen LogP contribution >= 0.6 is 0 Å². The van der Waals surface area contributed by atoms with E-state index in [1.165, 1.54) is 18.9 Å². The number of esters is 1. The van der Waals surface area contributed by atoms with Crippen molar-refractivity contribution in [1.29, 1.82) is 0 Å². The van der Waals surface area contributed by atoms with E-state index < -0.39 is 0 Å².